The van der Waals surface area contributed by atoms with Gasteiger partial charge >= 0.3 is 6.09 Å². The summed E-state index contributed by atoms with van der Waals surface area (Å²) in [5.41, 5.74) is 1.40. The highest BCUT2D eigenvalue weighted by atomic mass is 35.5. The Morgan fingerprint density at radius 2 is 1.68 bits per heavy atom. The van der Waals surface area contributed by atoms with Gasteiger partial charge in [-0.05, 0) is 57.1 Å². The summed E-state index contributed by atoms with van der Waals surface area (Å²) in [6.45, 7) is 7.14. The van der Waals surface area contributed by atoms with Crippen LogP contribution in [0.3, 0.4) is 0 Å². The van der Waals surface area contributed by atoms with Crippen LogP contribution in [0.25, 0.3) is 0 Å². The second kappa shape index (κ2) is 11.8. The van der Waals surface area contributed by atoms with E-state index in [2.05, 4.69) is 16.0 Å². The Labute approximate surface area is 250 Å². The van der Waals surface area contributed by atoms with E-state index in [-0.39, 0.29) is 24.8 Å². The lowest BCUT2D eigenvalue weighted by atomic mass is 9.94. The van der Waals surface area contributed by atoms with E-state index in [4.69, 9.17) is 27.9 Å². The second-order valence-electron chi connectivity index (χ2n) is 12.1. The van der Waals surface area contributed by atoms with Crippen LogP contribution in [0.2, 0.25) is 0 Å². The quantitative estimate of drug-likeness (QED) is 0.291. The van der Waals surface area contributed by atoms with Crippen molar-refractivity contribution in [3.63, 3.8) is 0 Å². The van der Waals surface area contributed by atoms with Gasteiger partial charge in [-0.15, -0.1) is 23.2 Å². The van der Waals surface area contributed by atoms with Crippen molar-refractivity contribution in [2.24, 2.45) is 17.8 Å². The summed E-state index contributed by atoms with van der Waals surface area (Å²) in [6.07, 6.45) is 1.16. The first-order valence-corrected chi connectivity index (χ1v) is 14.8. The first kappa shape index (κ1) is 31.1. The highest BCUT2D eigenvalue weighted by Gasteiger charge is 2.74. The molecule has 0 aromatic heterocycles. The molecule has 4 amide bonds. The number of likely N-dealkylation sites (tertiary alicyclic amines) is 1. The molecule has 1 aromatic rings. The number of Topliss-reactive ketones (excluding diaryl/α,β-unsaturated/α-hetero) is 1. The summed E-state index contributed by atoms with van der Waals surface area (Å²) in [6, 6.07) is 4.73. The number of nitrogens with one attached hydrogen (secondary N) is 3. The maximum Gasteiger partial charge on any atom is 0.408 e. The topological polar surface area (TPSA) is 134 Å². The molecule has 41 heavy (non-hydrogen) atoms. The maximum absolute atomic E-state index is 14.2. The average Bonchev–Trinajstić information content (AvgIpc) is 3.28. The third kappa shape index (κ3) is 6.48. The number of likely N-dealkylation sites (N-methyl/N-ethyl adjacent to an activating group) is 1. The van der Waals surface area contributed by atoms with Gasteiger partial charge in [-0.2, -0.15) is 0 Å². The zero-order valence-electron chi connectivity index (χ0n) is 24.0. The molecule has 4 rings (SSSR count). The number of alkyl carbamates (subject to hydrolysis) is 1. The minimum atomic E-state index is -1.21. The molecule has 0 bridgehead atoms. The van der Waals surface area contributed by atoms with Crippen molar-refractivity contribution in [1.29, 1.82) is 0 Å². The Hall–Kier alpha value is -2.85. The fourth-order valence-electron chi connectivity index (χ4n) is 6.05. The number of fused-ring (bicyclic) bond motifs is 2. The van der Waals surface area contributed by atoms with Gasteiger partial charge in [-0.3, -0.25) is 19.2 Å². The van der Waals surface area contributed by atoms with Gasteiger partial charge in [0.25, 0.3) is 5.91 Å². The van der Waals surface area contributed by atoms with Crippen LogP contribution in [-0.2, 0) is 36.8 Å². The summed E-state index contributed by atoms with van der Waals surface area (Å²) in [7, 11) is 1.34. The largest absolute Gasteiger partial charge is 0.444 e. The molecular weight excluding hydrogens is 571 g/mol. The van der Waals surface area contributed by atoms with Gasteiger partial charge in [0.15, 0.2) is 0 Å². The molecule has 1 saturated carbocycles. The van der Waals surface area contributed by atoms with Crippen molar-refractivity contribution in [2.75, 3.05) is 13.6 Å². The highest BCUT2D eigenvalue weighted by Crippen LogP contribution is 2.65. The normalized spacial score (nSPS) is 24.0. The maximum atomic E-state index is 14.2. The van der Waals surface area contributed by atoms with Gasteiger partial charge in [0.1, 0.15) is 22.0 Å². The number of ether oxygens (including phenoxy) is 1. The van der Waals surface area contributed by atoms with Crippen molar-refractivity contribution in [3.05, 3.63) is 35.4 Å². The molecule has 2 aliphatic carbocycles. The predicted molar refractivity (Wildman–Crippen MR) is 153 cm³/mol. The summed E-state index contributed by atoms with van der Waals surface area (Å²) in [4.78, 5) is 66.9. The lowest BCUT2D eigenvalue weighted by molar-refractivity contribution is -0.144. The third-order valence-electron chi connectivity index (χ3n) is 8.04. The van der Waals surface area contributed by atoms with E-state index in [0.717, 1.165) is 11.1 Å². The molecular formula is C29H38Cl2N4O6. The van der Waals surface area contributed by atoms with E-state index < -0.39 is 63.6 Å². The van der Waals surface area contributed by atoms with Crippen LogP contribution in [0.1, 0.15) is 51.7 Å². The van der Waals surface area contributed by atoms with Crippen LogP contribution >= 0.6 is 23.2 Å². The predicted octanol–water partition coefficient (Wildman–Crippen LogP) is 2.53. The Morgan fingerprint density at radius 3 is 2.22 bits per heavy atom. The molecule has 0 spiro atoms. The number of benzene rings is 1. The first-order chi connectivity index (χ1) is 19.2. The number of alkyl halides is 2. The number of nitrogens with zero attached hydrogens (tertiary/aromatic N) is 1. The molecule has 3 N–H and O–H groups in total. The second-order valence-corrected chi connectivity index (χ2v) is 13.5. The fraction of sp³-hybridized carbons (Fsp3) is 0.621. The Balaban J connectivity index is 1.60. The highest BCUT2D eigenvalue weighted by molar-refractivity contribution is 6.51. The van der Waals surface area contributed by atoms with Gasteiger partial charge in [-0.1, -0.05) is 37.6 Å². The minimum absolute atomic E-state index is 0.114. The smallest absolute Gasteiger partial charge is 0.408 e. The van der Waals surface area contributed by atoms with E-state index in [1.807, 2.05) is 31.2 Å². The van der Waals surface area contributed by atoms with Crippen LogP contribution in [0.15, 0.2) is 24.3 Å². The van der Waals surface area contributed by atoms with Gasteiger partial charge in [0.05, 0.1) is 6.04 Å². The molecule has 2 unspecified atom stereocenters. The number of hydrogen-bond donors (Lipinski definition) is 3. The van der Waals surface area contributed by atoms with Crippen molar-refractivity contribution >= 4 is 52.8 Å². The number of ketones is 1. The van der Waals surface area contributed by atoms with Crippen LogP contribution in [0.5, 0.6) is 0 Å². The molecule has 1 heterocycles. The fourth-order valence-corrected chi connectivity index (χ4v) is 6.88. The first-order valence-electron chi connectivity index (χ1n) is 14.0. The Bertz CT molecular complexity index is 1210. The van der Waals surface area contributed by atoms with E-state index in [9.17, 15) is 24.0 Å². The number of carbonyl (C=O) groups excluding carboxylic acids is 5. The number of piperidine rings is 1. The van der Waals surface area contributed by atoms with Crippen molar-refractivity contribution in [1.82, 2.24) is 20.9 Å². The van der Waals surface area contributed by atoms with Gasteiger partial charge in [0.2, 0.25) is 17.6 Å². The number of hydrogen-bond acceptors (Lipinski definition) is 6. The van der Waals surface area contributed by atoms with Crippen LogP contribution in [0, 0.1) is 17.8 Å². The Kier molecular flexibility index (Phi) is 8.95. The molecule has 10 nitrogen and oxygen atoms in total. The van der Waals surface area contributed by atoms with Crippen molar-refractivity contribution in [2.45, 2.75) is 81.4 Å². The lowest BCUT2D eigenvalue weighted by Gasteiger charge is -2.35. The molecule has 2 fully saturated rings. The van der Waals surface area contributed by atoms with Crippen LogP contribution in [0.4, 0.5) is 4.79 Å². The molecule has 1 aliphatic heterocycles. The summed E-state index contributed by atoms with van der Waals surface area (Å²) in [5.74, 6) is -3.85. The molecule has 224 valence electrons. The standard InChI is InChI=1S/C29H38Cl2N4O6/c1-6-9-19(23(36)25(38)32-5)33-24(37)22-20-18(29(20,30)31)14-35(22)26(39)21(34-27(40)41-28(2,3)4)17-12-15-10-7-8-11-16(15)13-17/h7-8,10-11,17-22H,6,9,12-14H2,1-5H3,(H,32,38)(H,33,37)(H,34,40)/t18?,19?,20-,21-,22-/m0/s1. The summed E-state index contributed by atoms with van der Waals surface area (Å²) in [5, 5.41) is 7.75. The Morgan fingerprint density at radius 1 is 1.07 bits per heavy atom. The number of rotatable bonds is 9. The number of halogens is 2. The third-order valence-corrected chi connectivity index (χ3v) is 9.10. The average molecular weight is 610 g/mol. The van der Waals surface area contributed by atoms with Gasteiger partial charge in [-0.25, -0.2) is 4.79 Å². The minimum Gasteiger partial charge on any atom is -0.444 e. The lowest BCUT2D eigenvalue weighted by Crippen LogP contribution is -2.60. The monoisotopic (exact) mass is 608 g/mol. The summed E-state index contributed by atoms with van der Waals surface area (Å²) < 4.78 is 4.27. The van der Waals surface area contributed by atoms with Gasteiger partial charge in [0, 0.05) is 25.4 Å². The van der Waals surface area contributed by atoms with Gasteiger partial charge < -0.3 is 25.6 Å². The molecule has 12 heteroatoms. The van der Waals surface area contributed by atoms with Crippen molar-refractivity contribution in [3.8, 4) is 0 Å². The molecule has 0 radical (unpaired) electrons. The molecule has 1 saturated heterocycles. The zero-order valence-corrected chi connectivity index (χ0v) is 25.5. The van der Waals surface area contributed by atoms with E-state index in [1.54, 1.807) is 20.8 Å². The molecule has 5 atom stereocenters. The van der Waals surface area contributed by atoms with Crippen LogP contribution < -0.4 is 16.0 Å². The number of amides is 4. The van der Waals surface area contributed by atoms with Crippen molar-refractivity contribution < 1.29 is 28.7 Å². The SMILES string of the molecule is CCCC(NC(=O)[C@@H]1[C@@H]2C(CN1C(=O)[C@@H](NC(=O)OC(C)(C)C)C1Cc3ccccc3C1)C2(Cl)Cl)C(=O)C(=O)NC. The van der Waals surface area contributed by atoms with E-state index >= 15 is 0 Å². The zero-order chi connectivity index (χ0) is 30.3. The van der Waals surface area contributed by atoms with E-state index in [1.165, 1.54) is 11.9 Å². The molecule has 3 aliphatic rings. The molecule has 1 aromatic carbocycles. The van der Waals surface area contributed by atoms with Crippen LogP contribution in [-0.4, -0.2) is 76.2 Å². The number of carbonyl (C=O) groups is 5. The van der Waals surface area contributed by atoms with E-state index in [0.29, 0.717) is 19.3 Å². The summed E-state index contributed by atoms with van der Waals surface area (Å²) >= 11 is 13.0.